The fourth-order valence-electron chi connectivity index (χ4n) is 2.94. The van der Waals surface area contributed by atoms with Gasteiger partial charge in [0.05, 0.1) is 0 Å². The molecule has 2 aliphatic carbocycles. The molecule has 0 aromatic rings. The molecule has 1 heteroatoms. The summed E-state index contributed by atoms with van der Waals surface area (Å²) >= 11 is 0. The summed E-state index contributed by atoms with van der Waals surface area (Å²) in [6.45, 7) is 0.911. The Labute approximate surface area is 63.0 Å². The van der Waals surface area contributed by atoms with Gasteiger partial charge in [0.1, 0.15) is 0 Å². The lowest BCUT2D eigenvalue weighted by molar-refractivity contribution is 0.318. The van der Waals surface area contributed by atoms with Gasteiger partial charge in [0, 0.05) is 0 Å². The first-order chi connectivity index (χ1) is 4.90. The lowest BCUT2D eigenvalue weighted by Crippen LogP contribution is -2.14. The molecule has 0 radical (unpaired) electrons. The first-order valence-corrected chi connectivity index (χ1v) is 4.60. The van der Waals surface area contributed by atoms with Crippen LogP contribution in [0.5, 0.6) is 0 Å². The van der Waals surface area contributed by atoms with Crippen LogP contribution in [0.15, 0.2) is 0 Å². The van der Waals surface area contributed by atoms with E-state index >= 15 is 0 Å². The van der Waals surface area contributed by atoms with E-state index in [-0.39, 0.29) is 0 Å². The van der Waals surface area contributed by atoms with Gasteiger partial charge in [-0.05, 0) is 50.0 Å². The fourth-order valence-corrected chi connectivity index (χ4v) is 2.94. The molecule has 0 heterocycles. The average Bonchev–Trinajstić information content (AvgIpc) is 2.48. The number of hydrogen-bond donors (Lipinski definition) is 1. The first-order valence-electron chi connectivity index (χ1n) is 4.60. The van der Waals surface area contributed by atoms with E-state index < -0.39 is 0 Å². The quantitative estimate of drug-likeness (QED) is 0.620. The molecular formula is C9H17N. The van der Waals surface area contributed by atoms with Crippen LogP contribution in [0.3, 0.4) is 0 Å². The zero-order valence-electron chi connectivity index (χ0n) is 6.55. The second-order valence-corrected chi connectivity index (χ2v) is 4.01. The van der Waals surface area contributed by atoms with E-state index in [2.05, 4.69) is 0 Å². The van der Waals surface area contributed by atoms with Gasteiger partial charge >= 0.3 is 0 Å². The Bertz CT molecular complexity index is 122. The largest absolute Gasteiger partial charge is 0.330 e. The highest BCUT2D eigenvalue weighted by molar-refractivity contribution is 4.89. The maximum atomic E-state index is 5.54. The van der Waals surface area contributed by atoms with Crippen molar-refractivity contribution in [2.45, 2.75) is 32.1 Å². The summed E-state index contributed by atoms with van der Waals surface area (Å²) in [7, 11) is 0. The third kappa shape index (κ3) is 0.968. The first kappa shape index (κ1) is 6.66. The average molecular weight is 139 g/mol. The Morgan fingerprint density at radius 2 is 2.10 bits per heavy atom. The van der Waals surface area contributed by atoms with Crippen LogP contribution in [0.25, 0.3) is 0 Å². The van der Waals surface area contributed by atoms with Crippen molar-refractivity contribution in [3.63, 3.8) is 0 Å². The van der Waals surface area contributed by atoms with Crippen LogP contribution in [-0.4, -0.2) is 6.54 Å². The van der Waals surface area contributed by atoms with E-state index in [1.807, 2.05) is 0 Å². The normalized spacial score (nSPS) is 44.7. The summed E-state index contributed by atoms with van der Waals surface area (Å²) < 4.78 is 0. The molecule has 1 nitrogen and oxygen atoms in total. The minimum Gasteiger partial charge on any atom is -0.330 e. The molecule has 2 fully saturated rings. The molecule has 2 saturated carbocycles. The zero-order valence-corrected chi connectivity index (χ0v) is 6.55. The molecule has 0 saturated heterocycles. The van der Waals surface area contributed by atoms with Crippen LogP contribution >= 0.6 is 0 Å². The molecule has 0 aromatic carbocycles. The molecule has 2 bridgehead atoms. The number of fused-ring (bicyclic) bond motifs is 2. The minimum absolute atomic E-state index is 0.911. The zero-order chi connectivity index (χ0) is 6.97. The van der Waals surface area contributed by atoms with Crippen molar-refractivity contribution in [3.8, 4) is 0 Å². The Balaban J connectivity index is 1.90. The molecule has 0 aromatic heterocycles. The third-order valence-corrected chi connectivity index (χ3v) is 3.42. The monoisotopic (exact) mass is 139 g/mol. The highest BCUT2D eigenvalue weighted by Gasteiger charge is 2.38. The van der Waals surface area contributed by atoms with Crippen molar-refractivity contribution in [1.82, 2.24) is 0 Å². The van der Waals surface area contributed by atoms with E-state index in [1.165, 1.54) is 32.1 Å². The molecule has 0 unspecified atom stereocenters. The second-order valence-electron chi connectivity index (χ2n) is 4.01. The van der Waals surface area contributed by atoms with Crippen LogP contribution in [-0.2, 0) is 0 Å². The standard InChI is InChI=1S/C9H17N/c10-4-3-9-6-7-1-2-8(9)5-7/h7-9H,1-6,10H2/t7-,8+,9-/m0/s1. The summed E-state index contributed by atoms with van der Waals surface area (Å²) in [5.74, 6) is 3.19. The van der Waals surface area contributed by atoms with Crippen molar-refractivity contribution < 1.29 is 0 Å². The van der Waals surface area contributed by atoms with Gasteiger partial charge in [-0.25, -0.2) is 0 Å². The second kappa shape index (κ2) is 2.54. The van der Waals surface area contributed by atoms with Gasteiger partial charge in [0.25, 0.3) is 0 Å². The van der Waals surface area contributed by atoms with Gasteiger partial charge in [0.2, 0.25) is 0 Å². The summed E-state index contributed by atoms with van der Waals surface area (Å²) in [6.07, 6.45) is 7.36. The number of rotatable bonds is 2. The Morgan fingerprint density at radius 1 is 1.20 bits per heavy atom. The van der Waals surface area contributed by atoms with Crippen molar-refractivity contribution in [2.24, 2.45) is 23.5 Å². The third-order valence-electron chi connectivity index (χ3n) is 3.42. The molecule has 0 spiro atoms. The Hall–Kier alpha value is -0.0400. The van der Waals surface area contributed by atoms with Gasteiger partial charge in [-0.2, -0.15) is 0 Å². The topological polar surface area (TPSA) is 26.0 Å². The van der Waals surface area contributed by atoms with Crippen molar-refractivity contribution in [3.05, 3.63) is 0 Å². The highest BCUT2D eigenvalue weighted by Crippen LogP contribution is 2.49. The van der Waals surface area contributed by atoms with E-state index in [0.717, 1.165) is 24.3 Å². The molecule has 2 N–H and O–H groups in total. The molecular weight excluding hydrogens is 122 g/mol. The van der Waals surface area contributed by atoms with Crippen LogP contribution in [0.4, 0.5) is 0 Å². The van der Waals surface area contributed by atoms with E-state index in [0.29, 0.717) is 0 Å². The predicted molar refractivity (Wildman–Crippen MR) is 42.6 cm³/mol. The molecule has 3 atom stereocenters. The van der Waals surface area contributed by atoms with Crippen molar-refractivity contribution >= 4 is 0 Å². The summed E-state index contributed by atoms with van der Waals surface area (Å²) in [5.41, 5.74) is 5.54. The van der Waals surface area contributed by atoms with Gasteiger partial charge in [-0.1, -0.05) is 6.42 Å². The van der Waals surface area contributed by atoms with Crippen LogP contribution in [0.2, 0.25) is 0 Å². The lowest BCUT2D eigenvalue weighted by atomic mass is 9.86. The summed E-state index contributed by atoms with van der Waals surface area (Å²) in [5, 5.41) is 0. The van der Waals surface area contributed by atoms with Crippen molar-refractivity contribution in [1.29, 1.82) is 0 Å². The van der Waals surface area contributed by atoms with Gasteiger partial charge in [-0.15, -0.1) is 0 Å². The van der Waals surface area contributed by atoms with E-state index in [4.69, 9.17) is 5.73 Å². The predicted octanol–water partition coefficient (Wildman–Crippen LogP) is 1.77. The lowest BCUT2D eigenvalue weighted by Gasteiger charge is -2.20. The maximum Gasteiger partial charge on any atom is -0.00745 e. The molecule has 2 rings (SSSR count). The Kier molecular flexibility index (Phi) is 1.69. The van der Waals surface area contributed by atoms with Gasteiger partial charge in [-0.3, -0.25) is 0 Å². The fraction of sp³-hybridized carbons (Fsp3) is 1.00. The van der Waals surface area contributed by atoms with Crippen LogP contribution < -0.4 is 5.73 Å². The molecule has 2 aliphatic rings. The van der Waals surface area contributed by atoms with Crippen LogP contribution in [0.1, 0.15) is 32.1 Å². The van der Waals surface area contributed by atoms with Crippen molar-refractivity contribution in [2.75, 3.05) is 6.54 Å². The van der Waals surface area contributed by atoms with Gasteiger partial charge < -0.3 is 5.73 Å². The minimum atomic E-state index is 0.911. The summed E-state index contributed by atoms with van der Waals surface area (Å²) in [4.78, 5) is 0. The molecule has 0 aliphatic heterocycles. The smallest absolute Gasteiger partial charge is 0.00745 e. The van der Waals surface area contributed by atoms with E-state index in [1.54, 1.807) is 0 Å². The molecule has 10 heavy (non-hydrogen) atoms. The molecule has 0 amide bonds. The van der Waals surface area contributed by atoms with Gasteiger partial charge in [0.15, 0.2) is 0 Å². The molecule has 58 valence electrons. The van der Waals surface area contributed by atoms with E-state index in [9.17, 15) is 0 Å². The van der Waals surface area contributed by atoms with Crippen LogP contribution in [0, 0.1) is 17.8 Å². The SMILES string of the molecule is NCC[C@H]1C[C@H]2CC[C@@H]1C2. The Morgan fingerprint density at radius 3 is 2.60 bits per heavy atom. The maximum absolute atomic E-state index is 5.54. The highest BCUT2D eigenvalue weighted by atomic mass is 14.5. The summed E-state index contributed by atoms with van der Waals surface area (Å²) in [6, 6.07) is 0. The number of nitrogens with two attached hydrogens (primary N) is 1. The number of hydrogen-bond acceptors (Lipinski definition) is 1.